The minimum Gasteiger partial charge on any atom is -0.507 e. The standard InChI is InChI=1S/C32H33N3O6/c1-7-41-25-16-18(12-14-24(25)40-6)27-26(28(36)20-17-19(32(2,3)4)13-15-23(20)39-5)29(37)30(38)35(27)31-33-21-10-8-9-11-22(21)34-31/h8-17,27,36H,7H2,1-6H3,(H,33,34)/b28-26+. The number of nitrogens with one attached hydrogen (secondary N) is 1. The van der Waals surface area contributed by atoms with E-state index in [9.17, 15) is 14.7 Å². The number of ketones is 1. The van der Waals surface area contributed by atoms with Crippen molar-refractivity contribution in [2.45, 2.75) is 39.2 Å². The Morgan fingerprint density at radius 3 is 2.34 bits per heavy atom. The summed E-state index contributed by atoms with van der Waals surface area (Å²) < 4.78 is 16.8. The van der Waals surface area contributed by atoms with Crippen LogP contribution in [0.1, 0.15) is 50.4 Å². The number of nitrogens with zero attached hydrogens (tertiary/aromatic N) is 2. The van der Waals surface area contributed by atoms with Crippen LogP contribution in [0.15, 0.2) is 66.2 Å². The molecule has 1 aliphatic heterocycles. The predicted octanol–water partition coefficient (Wildman–Crippen LogP) is 5.90. The average Bonchev–Trinajstić information content (AvgIpc) is 3.50. The average molecular weight is 556 g/mol. The smallest absolute Gasteiger partial charge is 0.302 e. The second kappa shape index (κ2) is 10.6. The molecule has 9 nitrogen and oxygen atoms in total. The van der Waals surface area contributed by atoms with Crippen molar-refractivity contribution in [1.29, 1.82) is 0 Å². The Kier molecular flexibility index (Phi) is 7.21. The lowest BCUT2D eigenvalue weighted by molar-refractivity contribution is -0.132. The van der Waals surface area contributed by atoms with E-state index in [0.29, 0.717) is 46.0 Å². The quantitative estimate of drug-likeness (QED) is 0.166. The van der Waals surface area contributed by atoms with Gasteiger partial charge in [0.05, 0.1) is 49.0 Å². The van der Waals surface area contributed by atoms with Crippen LogP contribution < -0.4 is 19.1 Å². The number of Topliss-reactive ketones (excluding diaryl/α,β-unsaturated/α-hetero) is 1. The predicted molar refractivity (Wildman–Crippen MR) is 157 cm³/mol. The Hall–Kier alpha value is -4.79. The molecule has 1 saturated heterocycles. The maximum absolute atomic E-state index is 13.8. The van der Waals surface area contributed by atoms with Crippen molar-refractivity contribution in [2.75, 3.05) is 25.7 Å². The third-order valence-corrected chi connectivity index (χ3v) is 7.17. The molecule has 0 radical (unpaired) electrons. The highest BCUT2D eigenvalue weighted by Crippen LogP contribution is 2.45. The highest BCUT2D eigenvalue weighted by atomic mass is 16.5. The zero-order valence-corrected chi connectivity index (χ0v) is 23.9. The Bertz CT molecular complexity index is 1650. The number of amides is 1. The van der Waals surface area contributed by atoms with Gasteiger partial charge in [-0.1, -0.05) is 45.0 Å². The number of aliphatic hydroxyl groups excluding tert-OH is 1. The number of methoxy groups -OCH3 is 2. The van der Waals surface area contributed by atoms with Crippen LogP contribution in [0.25, 0.3) is 16.8 Å². The summed E-state index contributed by atoms with van der Waals surface area (Å²) in [6.07, 6.45) is 0. The van der Waals surface area contributed by atoms with E-state index >= 15 is 0 Å². The first-order valence-corrected chi connectivity index (χ1v) is 13.3. The van der Waals surface area contributed by atoms with Crippen molar-refractivity contribution >= 4 is 34.4 Å². The second-order valence-corrected chi connectivity index (χ2v) is 10.8. The Balaban J connectivity index is 1.78. The summed E-state index contributed by atoms with van der Waals surface area (Å²) in [5.41, 5.74) is 2.76. The van der Waals surface area contributed by atoms with E-state index in [0.717, 1.165) is 5.56 Å². The van der Waals surface area contributed by atoms with Gasteiger partial charge in [0, 0.05) is 0 Å². The van der Waals surface area contributed by atoms with Crippen molar-refractivity contribution in [2.24, 2.45) is 0 Å². The molecule has 0 saturated carbocycles. The van der Waals surface area contributed by atoms with Gasteiger partial charge in [-0.05, 0) is 59.9 Å². The lowest BCUT2D eigenvalue weighted by atomic mass is 9.85. The number of anilines is 1. The van der Waals surface area contributed by atoms with Crippen LogP contribution >= 0.6 is 0 Å². The van der Waals surface area contributed by atoms with E-state index in [1.165, 1.54) is 19.1 Å². The Morgan fingerprint density at radius 1 is 0.976 bits per heavy atom. The number of para-hydroxylation sites is 2. The highest BCUT2D eigenvalue weighted by Gasteiger charge is 2.48. The molecule has 5 rings (SSSR count). The molecule has 1 fully saturated rings. The van der Waals surface area contributed by atoms with E-state index in [1.807, 2.05) is 58.0 Å². The number of ether oxygens (including phenoxy) is 3. The number of aromatic nitrogens is 2. The summed E-state index contributed by atoms with van der Waals surface area (Å²) in [5.74, 6) is -0.523. The number of carbonyl (C=O) groups excluding carboxylic acids is 2. The lowest BCUT2D eigenvalue weighted by Gasteiger charge is -2.25. The summed E-state index contributed by atoms with van der Waals surface area (Å²) >= 11 is 0. The molecule has 1 atom stereocenters. The summed E-state index contributed by atoms with van der Waals surface area (Å²) in [6, 6.07) is 16.9. The molecule has 2 heterocycles. The molecule has 41 heavy (non-hydrogen) atoms. The van der Waals surface area contributed by atoms with Crippen LogP contribution in [-0.4, -0.2) is 47.6 Å². The van der Waals surface area contributed by atoms with Crippen LogP contribution in [0, 0.1) is 0 Å². The summed E-state index contributed by atoms with van der Waals surface area (Å²) in [4.78, 5) is 36.5. The normalized spacial score (nSPS) is 16.8. The van der Waals surface area contributed by atoms with Crippen LogP contribution in [0.5, 0.6) is 17.2 Å². The molecule has 4 aromatic rings. The first-order chi connectivity index (χ1) is 19.6. The molecule has 0 aliphatic carbocycles. The van der Waals surface area contributed by atoms with Gasteiger partial charge in [-0.25, -0.2) is 4.98 Å². The molecule has 3 aromatic carbocycles. The van der Waals surface area contributed by atoms with Crippen molar-refractivity contribution in [1.82, 2.24) is 9.97 Å². The maximum atomic E-state index is 13.8. The zero-order valence-electron chi connectivity index (χ0n) is 23.9. The van der Waals surface area contributed by atoms with Crippen molar-refractivity contribution in [3.05, 3.63) is 82.9 Å². The molecule has 2 N–H and O–H groups in total. The fourth-order valence-electron chi connectivity index (χ4n) is 5.06. The van der Waals surface area contributed by atoms with Crippen LogP contribution in [0.2, 0.25) is 0 Å². The van der Waals surface area contributed by atoms with Crippen molar-refractivity contribution in [3.8, 4) is 17.2 Å². The number of hydrogen-bond donors (Lipinski definition) is 2. The van der Waals surface area contributed by atoms with E-state index in [-0.39, 0.29) is 22.7 Å². The fourth-order valence-corrected chi connectivity index (χ4v) is 5.06. The van der Waals surface area contributed by atoms with Crippen molar-refractivity contribution < 1.29 is 28.9 Å². The number of rotatable bonds is 7. The van der Waals surface area contributed by atoms with Gasteiger partial charge < -0.3 is 24.3 Å². The molecule has 1 amide bonds. The van der Waals surface area contributed by atoms with Gasteiger partial charge in [0.2, 0.25) is 5.95 Å². The maximum Gasteiger partial charge on any atom is 0.302 e. The van der Waals surface area contributed by atoms with Gasteiger partial charge >= 0.3 is 5.91 Å². The van der Waals surface area contributed by atoms with Crippen LogP contribution in [0.3, 0.4) is 0 Å². The fraction of sp³-hybridized carbons (Fsp3) is 0.281. The lowest BCUT2D eigenvalue weighted by Crippen LogP contribution is -2.30. The highest BCUT2D eigenvalue weighted by molar-refractivity contribution is 6.51. The van der Waals surface area contributed by atoms with Gasteiger partial charge in [0.15, 0.2) is 11.5 Å². The molecule has 0 bridgehead atoms. The number of hydrogen-bond acceptors (Lipinski definition) is 7. The molecular weight excluding hydrogens is 522 g/mol. The molecule has 212 valence electrons. The van der Waals surface area contributed by atoms with E-state index in [1.54, 1.807) is 30.3 Å². The summed E-state index contributed by atoms with van der Waals surface area (Å²) in [7, 11) is 3.03. The molecule has 1 aromatic heterocycles. The van der Waals surface area contributed by atoms with Gasteiger partial charge in [-0.3, -0.25) is 14.5 Å². The summed E-state index contributed by atoms with van der Waals surface area (Å²) in [5, 5.41) is 11.8. The van der Waals surface area contributed by atoms with Gasteiger partial charge in [0.25, 0.3) is 5.78 Å². The monoisotopic (exact) mass is 555 g/mol. The SMILES string of the molecule is CCOc1cc(C2/C(=C(\O)c3cc(C(C)(C)C)ccc3OC)C(=O)C(=O)N2c2nc3ccccc3[nH]2)ccc1OC. The third-order valence-electron chi connectivity index (χ3n) is 7.17. The largest absolute Gasteiger partial charge is 0.507 e. The van der Waals surface area contributed by atoms with Crippen LogP contribution in [0.4, 0.5) is 5.95 Å². The molecule has 1 aliphatic rings. The van der Waals surface area contributed by atoms with E-state index in [4.69, 9.17) is 14.2 Å². The third kappa shape index (κ3) is 4.88. The van der Waals surface area contributed by atoms with E-state index in [2.05, 4.69) is 9.97 Å². The number of aliphatic hydroxyl groups is 1. The number of imidazole rings is 1. The zero-order chi connectivity index (χ0) is 29.5. The molecule has 1 unspecified atom stereocenters. The minimum absolute atomic E-state index is 0.0903. The Labute approximate surface area is 238 Å². The molecular formula is C32H33N3O6. The number of fused-ring (bicyclic) bond motifs is 1. The minimum atomic E-state index is -1.02. The van der Waals surface area contributed by atoms with Gasteiger partial charge in [-0.15, -0.1) is 0 Å². The van der Waals surface area contributed by atoms with Crippen molar-refractivity contribution in [3.63, 3.8) is 0 Å². The number of carbonyl (C=O) groups is 2. The molecule has 9 heteroatoms. The van der Waals surface area contributed by atoms with Gasteiger partial charge in [0.1, 0.15) is 11.5 Å². The first-order valence-electron chi connectivity index (χ1n) is 13.3. The number of aromatic amines is 1. The van der Waals surface area contributed by atoms with E-state index < -0.39 is 17.7 Å². The van der Waals surface area contributed by atoms with Crippen LogP contribution in [-0.2, 0) is 15.0 Å². The topological polar surface area (TPSA) is 114 Å². The Morgan fingerprint density at radius 2 is 1.68 bits per heavy atom. The molecule has 0 spiro atoms. The summed E-state index contributed by atoms with van der Waals surface area (Å²) in [6.45, 7) is 8.37. The number of benzene rings is 3. The number of H-pyrrole nitrogens is 1. The second-order valence-electron chi connectivity index (χ2n) is 10.8. The first kappa shape index (κ1) is 27.8. The van der Waals surface area contributed by atoms with Gasteiger partial charge in [-0.2, -0.15) is 0 Å².